The number of allylic oxidation sites excluding steroid dienone is 1. The average molecular weight is 612 g/mol. The molecular formula is C26H18Cl2F3N3O3S2. The maximum Gasteiger partial charge on any atom is 0.437 e. The minimum Gasteiger partial charge on any atom is -0.363 e. The Balaban J connectivity index is 1.80. The van der Waals surface area contributed by atoms with E-state index in [4.69, 9.17) is 23.2 Å². The lowest BCUT2D eigenvalue weighted by atomic mass is 9.70. The molecule has 3 N–H and O–H groups in total. The second-order valence-electron chi connectivity index (χ2n) is 8.41. The van der Waals surface area contributed by atoms with Crippen molar-refractivity contribution in [3.05, 3.63) is 97.1 Å². The standard InChI is InChI=1S/C26H18Cl2F3N3O3S2/c27-14-5-3-6-15(11-14)33-20(35)13-39-24-17(12-32)21(16-7-1-2-8-18(16)28)22(23(36)19-9-4-10-38-19)25(37,34-24)26(29,30)31/h1-11,21-22,34,37H,13H2,(H,33,35)/t21-,22-,25+/m0/s1. The number of aliphatic hydroxyl groups is 1. The van der Waals surface area contributed by atoms with Crippen LogP contribution in [0, 0.1) is 17.2 Å². The minimum atomic E-state index is -5.36. The zero-order chi connectivity index (χ0) is 28.4. The van der Waals surface area contributed by atoms with Crippen LogP contribution in [-0.4, -0.2) is 34.5 Å². The molecule has 1 amide bonds. The van der Waals surface area contributed by atoms with Gasteiger partial charge in [-0.3, -0.25) is 9.59 Å². The van der Waals surface area contributed by atoms with Crippen LogP contribution >= 0.6 is 46.3 Å². The Kier molecular flexibility index (Phi) is 8.63. The van der Waals surface area contributed by atoms with Gasteiger partial charge in [0.1, 0.15) is 0 Å². The maximum absolute atomic E-state index is 14.6. The van der Waals surface area contributed by atoms with Gasteiger partial charge in [-0.25, -0.2) is 0 Å². The van der Waals surface area contributed by atoms with Crippen LogP contribution in [0.25, 0.3) is 0 Å². The van der Waals surface area contributed by atoms with Gasteiger partial charge in [0.25, 0.3) is 0 Å². The van der Waals surface area contributed by atoms with Crippen LogP contribution in [0.2, 0.25) is 10.0 Å². The minimum absolute atomic E-state index is 0.00806. The maximum atomic E-state index is 14.6. The van der Waals surface area contributed by atoms with Crippen LogP contribution < -0.4 is 10.6 Å². The third-order valence-electron chi connectivity index (χ3n) is 5.94. The first kappa shape index (κ1) is 29.0. The molecule has 2 aromatic carbocycles. The molecule has 0 saturated heterocycles. The number of hydrogen-bond acceptors (Lipinski definition) is 7. The summed E-state index contributed by atoms with van der Waals surface area (Å²) < 4.78 is 43.8. The number of nitrogens with one attached hydrogen (secondary N) is 2. The first-order chi connectivity index (χ1) is 18.5. The Morgan fingerprint density at radius 1 is 1.15 bits per heavy atom. The zero-order valence-corrected chi connectivity index (χ0v) is 22.8. The highest BCUT2D eigenvalue weighted by molar-refractivity contribution is 8.03. The van der Waals surface area contributed by atoms with E-state index in [1.807, 2.05) is 11.4 Å². The van der Waals surface area contributed by atoms with Gasteiger partial charge in [0.2, 0.25) is 11.6 Å². The van der Waals surface area contributed by atoms with E-state index >= 15 is 0 Å². The van der Waals surface area contributed by atoms with E-state index < -0.39 is 46.2 Å². The summed E-state index contributed by atoms with van der Waals surface area (Å²) in [4.78, 5) is 26.1. The van der Waals surface area contributed by atoms with Gasteiger partial charge < -0.3 is 15.7 Å². The van der Waals surface area contributed by atoms with Crippen molar-refractivity contribution in [1.29, 1.82) is 5.26 Å². The number of hydrogen-bond donors (Lipinski definition) is 3. The van der Waals surface area contributed by atoms with E-state index in [9.17, 15) is 33.1 Å². The summed E-state index contributed by atoms with van der Waals surface area (Å²) in [7, 11) is 0. The second-order valence-corrected chi connectivity index (χ2v) is 11.2. The molecule has 4 rings (SSSR count). The van der Waals surface area contributed by atoms with Crippen molar-refractivity contribution in [1.82, 2.24) is 5.32 Å². The third-order valence-corrected chi connectivity index (χ3v) is 8.42. The predicted molar refractivity (Wildman–Crippen MR) is 146 cm³/mol. The monoisotopic (exact) mass is 611 g/mol. The Morgan fingerprint density at radius 2 is 1.90 bits per heavy atom. The van der Waals surface area contributed by atoms with Gasteiger partial charge in [-0.15, -0.1) is 11.3 Å². The number of amides is 1. The zero-order valence-electron chi connectivity index (χ0n) is 19.6. The van der Waals surface area contributed by atoms with Crippen LogP contribution in [0.5, 0.6) is 0 Å². The molecule has 0 radical (unpaired) electrons. The molecule has 1 aromatic heterocycles. The van der Waals surface area contributed by atoms with Gasteiger partial charge in [-0.1, -0.05) is 65.3 Å². The summed E-state index contributed by atoms with van der Waals surface area (Å²) in [5.41, 5.74) is -3.64. The first-order valence-corrected chi connectivity index (χ1v) is 13.8. The predicted octanol–water partition coefficient (Wildman–Crippen LogP) is 6.60. The number of nitrogens with zero attached hydrogens (tertiary/aromatic N) is 1. The van der Waals surface area contributed by atoms with Gasteiger partial charge in [-0.2, -0.15) is 18.4 Å². The number of thioether (sulfide) groups is 1. The second kappa shape index (κ2) is 11.6. The van der Waals surface area contributed by atoms with Crippen molar-refractivity contribution in [2.45, 2.75) is 17.8 Å². The van der Waals surface area contributed by atoms with E-state index in [2.05, 4.69) is 5.32 Å². The molecule has 0 unspecified atom stereocenters. The van der Waals surface area contributed by atoms with Crippen molar-refractivity contribution < 1.29 is 27.9 Å². The Hall–Kier alpha value is -3.01. The lowest BCUT2D eigenvalue weighted by molar-refractivity contribution is -0.285. The summed E-state index contributed by atoms with van der Waals surface area (Å²) in [6.45, 7) is 0. The van der Waals surface area contributed by atoms with E-state index in [0.717, 1.165) is 11.3 Å². The number of carbonyl (C=O) groups is 2. The van der Waals surface area contributed by atoms with Crippen LogP contribution in [0.4, 0.5) is 18.9 Å². The molecule has 0 aliphatic carbocycles. The van der Waals surface area contributed by atoms with Crippen LogP contribution in [0.1, 0.15) is 21.2 Å². The number of Topliss-reactive ketones (excluding diaryl/α,β-unsaturated/α-hetero) is 1. The summed E-state index contributed by atoms with van der Waals surface area (Å²) >= 11 is 13.8. The molecular weight excluding hydrogens is 594 g/mol. The van der Waals surface area contributed by atoms with Crippen molar-refractivity contribution >= 4 is 63.7 Å². The summed E-state index contributed by atoms with van der Waals surface area (Å²) in [5.74, 6) is -5.82. The van der Waals surface area contributed by atoms with Crippen LogP contribution in [-0.2, 0) is 4.79 Å². The summed E-state index contributed by atoms with van der Waals surface area (Å²) in [6.07, 6.45) is -5.36. The number of alkyl halides is 3. The number of carbonyl (C=O) groups excluding carboxylic acids is 2. The number of nitriles is 1. The number of thiophene rings is 1. The quantitative estimate of drug-likeness (QED) is 0.260. The van der Waals surface area contributed by atoms with Gasteiger partial charge in [0.05, 0.1) is 33.2 Å². The summed E-state index contributed by atoms with van der Waals surface area (Å²) in [5, 5.41) is 27.4. The molecule has 0 spiro atoms. The Morgan fingerprint density at radius 3 is 2.51 bits per heavy atom. The smallest absolute Gasteiger partial charge is 0.363 e. The molecule has 0 saturated carbocycles. The molecule has 3 aromatic rings. The van der Waals surface area contributed by atoms with Gasteiger partial charge in [-0.05, 0) is 41.3 Å². The van der Waals surface area contributed by atoms with E-state index in [-0.39, 0.29) is 21.0 Å². The molecule has 6 nitrogen and oxygen atoms in total. The molecule has 1 aliphatic rings. The third kappa shape index (κ3) is 5.95. The highest BCUT2D eigenvalue weighted by Crippen LogP contribution is 2.52. The van der Waals surface area contributed by atoms with Crippen molar-refractivity contribution in [2.24, 2.45) is 5.92 Å². The van der Waals surface area contributed by atoms with Gasteiger partial charge in [0, 0.05) is 21.7 Å². The molecule has 3 atom stereocenters. The number of rotatable bonds is 7. The van der Waals surface area contributed by atoms with E-state index in [1.165, 1.54) is 41.8 Å². The Labute approximate surface area is 239 Å². The molecule has 0 fully saturated rings. The number of anilines is 1. The Bertz CT molecular complexity index is 1470. The van der Waals surface area contributed by atoms with Crippen molar-refractivity contribution in [3.8, 4) is 6.07 Å². The highest BCUT2D eigenvalue weighted by Gasteiger charge is 2.66. The van der Waals surface area contributed by atoms with Gasteiger partial charge >= 0.3 is 6.18 Å². The normalized spacial score (nSPS) is 21.2. The SMILES string of the molecule is N#CC1=C(SCC(=O)Nc2cccc(Cl)c2)N[C@](O)(C(F)(F)F)[C@H](C(=O)c2cccs2)[C@H]1c1ccccc1Cl. The fraction of sp³-hybridized carbons (Fsp3) is 0.192. The van der Waals surface area contributed by atoms with E-state index in [0.29, 0.717) is 22.5 Å². The lowest BCUT2D eigenvalue weighted by Gasteiger charge is -2.45. The fourth-order valence-corrected chi connectivity index (χ4v) is 6.28. The number of benzene rings is 2. The average Bonchev–Trinajstić information content (AvgIpc) is 3.42. The molecule has 1 aliphatic heterocycles. The lowest BCUT2D eigenvalue weighted by Crippen LogP contribution is -2.66. The molecule has 202 valence electrons. The largest absolute Gasteiger partial charge is 0.437 e. The van der Waals surface area contributed by atoms with Crippen molar-refractivity contribution in [2.75, 3.05) is 11.1 Å². The molecule has 39 heavy (non-hydrogen) atoms. The summed E-state index contributed by atoms with van der Waals surface area (Å²) in [6, 6.07) is 16.8. The van der Waals surface area contributed by atoms with E-state index in [1.54, 1.807) is 24.3 Å². The molecule has 13 heteroatoms. The van der Waals surface area contributed by atoms with Crippen LogP contribution in [0.3, 0.4) is 0 Å². The van der Waals surface area contributed by atoms with Crippen LogP contribution in [0.15, 0.2) is 76.6 Å². The molecule has 0 bridgehead atoms. The fourth-order valence-electron chi connectivity index (χ4n) is 4.23. The first-order valence-electron chi connectivity index (χ1n) is 11.2. The number of ketones is 1. The number of halogens is 5. The van der Waals surface area contributed by atoms with Gasteiger partial charge in [0.15, 0.2) is 5.78 Å². The van der Waals surface area contributed by atoms with Crippen molar-refractivity contribution in [3.63, 3.8) is 0 Å². The topological polar surface area (TPSA) is 102 Å². The highest BCUT2D eigenvalue weighted by atomic mass is 35.5. The molecule has 2 heterocycles.